The van der Waals surface area contributed by atoms with Crippen LogP contribution in [-0.4, -0.2) is 15.6 Å². The fourth-order valence-corrected chi connectivity index (χ4v) is 2.89. The lowest BCUT2D eigenvalue weighted by atomic mass is 9.75. The smallest absolute Gasteiger partial charge is 0.0952 e. The lowest BCUT2D eigenvalue weighted by molar-refractivity contribution is 0.183. The van der Waals surface area contributed by atoms with Crippen molar-refractivity contribution < 1.29 is 0 Å². The van der Waals surface area contributed by atoms with Gasteiger partial charge in [-0.2, -0.15) is 0 Å². The second-order valence-corrected chi connectivity index (χ2v) is 6.76. The van der Waals surface area contributed by atoms with Crippen molar-refractivity contribution >= 4 is 0 Å². The molecule has 1 saturated carbocycles. The monoisotopic (exact) mass is 249 g/mol. The minimum atomic E-state index is 0.490. The Morgan fingerprint density at radius 1 is 1.50 bits per heavy atom. The van der Waals surface area contributed by atoms with E-state index in [1.165, 1.54) is 25.7 Å². The fraction of sp³-hybridized carbons (Fsp3) is 0.800. The molecule has 1 unspecified atom stereocenters. The zero-order valence-electron chi connectivity index (χ0n) is 12.2. The van der Waals surface area contributed by atoms with Crippen molar-refractivity contribution in [3.05, 3.63) is 18.2 Å². The minimum Gasteiger partial charge on any atom is -0.334 e. The van der Waals surface area contributed by atoms with Crippen molar-refractivity contribution in [1.82, 2.24) is 14.9 Å². The molecule has 0 saturated heterocycles. The first kappa shape index (κ1) is 13.6. The lowest BCUT2D eigenvalue weighted by Gasteiger charge is -2.35. The largest absolute Gasteiger partial charge is 0.334 e. The van der Waals surface area contributed by atoms with Crippen LogP contribution in [0.25, 0.3) is 0 Å². The van der Waals surface area contributed by atoms with E-state index in [9.17, 15) is 0 Å². The molecule has 1 aliphatic carbocycles. The summed E-state index contributed by atoms with van der Waals surface area (Å²) in [6, 6.07) is 1.16. The van der Waals surface area contributed by atoms with Crippen LogP contribution in [0, 0.1) is 5.41 Å². The summed E-state index contributed by atoms with van der Waals surface area (Å²) in [5, 5.41) is 3.42. The second-order valence-electron chi connectivity index (χ2n) is 6.76. The van der Waals surface area contributed by atoms with Crippen LogP contribution in [0.1, 0.15) is 65.1 Å². The van der Waals surface area contributed by atoms with Gasteiger partial charge in [0.1, 0.15) is 0 Å². The van der Waals surface area contributed by atoms with Gasteiger partial charge in [0.05, 0.1) is 12.0 Å². The zero-order chi connectivity index (χ0) is 13.2. The van der Waals surface area contributed by atoms with E-state index in [1.54, 1.807) is 0 Å². The van der Waals surface area contributed by atoms with Crippen LogP contribution < -0.4 is 5.32 Å². The topological polar surface area (TPSA) is 29.9 Å². The van der Waals surface area contributed by atoms with E-state index in [0.29, 0.717) is 17.5 Å². The highest BCUT2D eigenvalue weighted by Gasteiger charge is 2.28. The average Bonchev–Trinajstić information content (AvgIpc) is 2.73. The molecule has 0 spiro atoms. The Kier molecular flexibility index (Phi) is 4.10. The molecular weight excluding hydrogens is 222 g/mol. The minimum absolute atomic E-state index is 0.490. The summed E-state index contributed by atoms with van der Waals surface area (Å²) in [6.07, 6.45) is 9.53. The SMILES string of the molecule is CC(C)NCc1cn(C2CCCC(C)(C)C2)cn1. The average molecular weight is 249 g/mol. The Morgan fingerprint density at radius 2 is 2.28 bits per heavy atom. The van der Waals surface area contributed by atoms with E-state index in [1.807, 2.05) is 6.33 Å². The summed E-state index contributed by atoms with van der Waals surface area (Å²) >= 11 is 0. The molecule has 3 heteroatoms. The number of nitrogens with zero attached hydrogens (tertiary/aromatic N) is 2. The van der Waals surface area contributed by atoms with Gasteiger partial charge in [-0.1, -0.05) is 34.1 Å². The Labute approximate surface area is 111 Å². The summed E-state index contributed by atoms with van der Waals surface area (Å²) in [5.41, 5.74) is 1.65. The molecule has 0 radical (unpaired) electrons. The predicted octanol–water partition coefficient (Wildman–Crippen LogP) is 3.52. The first-order valence-corrected chi connectivity index (χ1v) is 7.22. The van der Waals surface area contributed by atoms with E-state index in [2.05, 4.69) is 48.8 Å². The summed E-state index contributed by atoms with van der Waals surface area (Å²) in [5.74, 6) is 0. The van der Waals surface area contributed by atoms with Gasteiger partial charge in [0.2, 0.25) is 0 Å². The van der Waals surface area contributed by atoms with Gasteiger partial charge in [-0.3, -0.25) is 0 Å². The first-order chi connectivity index (χ1) is 8.46. The van der Waals surface area contributed by atoms with E-state index < -0.39 is 0 Å². The molecule has 18 heavy (non-hydrogen) atoms. The van der Waals surface area contributed by atoms with Crippen molar-refractivity contribution in [2.45, 2.75) is 72.0 Å². The Morgan fingerprint density at radius 3 is 2.94 bits per heavy atom. The number of hydrogen-bond donors (Lipinski definition) is 1. The van der Waals surface area contributed by atoms with Crippen molar-refractivity contribution in [3.63, 3.8) is 0 Å². The molecule has 1 N–H and O–H groups in total. The molecule has 1 atom stereocenters. The number of nitrogens with one attached hydrogen (secondary N) is 1. The quantitative estimate of drug-likeness (QED) is 0.884. The van der Waals surface area contributed by atoms with Crippen molar-refractivity contribution in [2.75, 3.05) is 0 Å². The normalized spacial score (nSPS) is 23.5. The maximum Gasteiger partial charge on any atom is 0.0952 e. The standard InChI is InChI=1S/C15H27N3/c1-12(2)16-9-13-10-18(11-17-13)14-6-5-7-15(3,4)8-14/h10-12,14,16H,5-9H2,1-4H3. The second kappa shape index (κ2) is 5.43. The van der Waals surface area contributed by atoms with Gasteiger partial charge in [-0.25, -0.2) is 4.98 Å². The van der Waals surface area contributed by atoms with Crippen LogP contribution in [0.15, 0.2) is 12.5 Å². The summed E-state index contributed by atoms with van der Waals surface area (Å²) in [4.78, 5) is 4.51. The third-order valence-corrected chi connectivity index (χ3v) is 3.95. The third-order valence-electron chi connectivity index (χ3n) is 3.95. The number of hydrogen-bond acceptors (Lipinski definition) is 2. The van der Waals surface area contributed by atoms with Crippen molar-refractivity contribution in [2.24, 2.45) is 5.41 Å². The van der Waals surface area contributed by atoms with E-state index in [-0.39, 0.29) is 0 Å². The van der Waals surface area contributed by atoms with Gasteiger partial charge in [0.15, 0.2) is 0 Å². The van der Waals surface area contributed by atoms with Gasteiger partial charge in [-0.15, -0.1) is 0 Å². The maximum atomic E-state index is 4.51. The van der Waals surface area contributed by atoms with E-state index in [0.717, 1.165) is 12.2 Å². The summed E-state index contributed by atoms with van der Waals surface area (Å²) in [6.45, 7) is 9.98. The predicted molar refractivity (Wildman–Crippen MR) is 75.5 cm³/mol. The van der Waals surface area contributed by atoms with Crippen LogP contribution in [0.5, 0.6) is 0 Å². The molecule has 1 aliphatic rings. The molecule has 0 amide bonds. The Hall–Kier alpha value is -0.830. The molecule has 2 rings (SSSR count). The molecule has 0 aliphatic heterocycles. The first-order valence-electron chi connectivity index (χ1n) is 7.22. The van der Waals surface area contributed by atoms with Crippen LogP contribution in [0.2, 0.25) is 0 Å². The van der Waals surface area contributed by atoms with E-state index in [4.69, 9.17) is 0 Å². The van der Waals surface area contributed by atoms with Crippen LogP contribution in [0.4, 0.5) is 0 Å². The molecule has 0 bridgehead atoms. The lowest BCUT2D eigenvalue weighted by Crippen LogP contribution is -2.24. The molecule has 1 aromatic heterocycles. The molecule has 1 fully saturated rings. The Balaban J connectivity index is 1.97. The number of aromatic nitrogens is 2. The molecule has 0 aromatic carbocycles. The molecule has 1 aromatic rings. The van der Waals surface area contributed by atoms with Gasteiger partial charge >= 0.3 is 0 Å². The molecule has 1 heterocycles. The summed E-state index contributed by atoms with van der Waals surface area (Å²) < 4.78 is 2.33. The molecular formula is C15H27N3. The fourth-order valence-electron chi connectivity index (χ4n) is 2.89. The highest BCUT2D eigenvalue weighted by molar-refractivity contribution is 4.99. The highest BCUT2D eigenvalue weighted by atomic mass is 15.1. The molecule has 3 nitrogen and oxygen atoms in total. The Bertz CT molecular complexity index is 379. The van der Waals surface area contributed by atoms with Gasteiger partial charge in [-0.05, 0) is 24.7 Å². The molecule has 102 valence electrons. The number of rotatable bonds is 4. The van der Waals surface area contributed by atoms with Gasteiger partial charge in [0, 0.05) is 24.8 Å². The summed E-state index contributed by atoms with van der Waals surface area (Å²) in [7, 11) is 0. The number of imidazole rings is 1. The van der Waals surface area contributed by atoms with Crippen molar-refractivity contribution in [1.29, 1.82) is 0 Å². The zero-order valence-corrected chi connectivity index (χ0v) is 12.2. The highest BCUT2D eigenvalue weighted by Crippen LogP contribution is 2.40. The third kappa shape index (κ3) is 3.58. The van der Waals surface area contributed by atoms with Crippen LogP contribution in [0.3, 0.4) is 0 Å². The van der Waals surface area contributed by atoms with Crippen LogP contribution in [-0.2, 0) is 6.54 Å². The van der Waals surface area contributed by atoms with Gasteiger partial charge < -0.3 is 9.88 Å². The van der Waals surface area contributed by atoms with Crippen LogP contribution >= 0.6 is 0 Å². The maximum absolute atomic E-state index is 4.51. The van der Waals surface area contributed by atoms with Gasteiger partial charge in [0.25, 0.3) is 0 Å². The van der Waals surface area contributed by atoms with Crippen molar-refractivity contribution in [3.8, 4) is 0 Å². The van der Waals surface area contributed by atoms with E-state index >= 15 is 0 Å².